The Hall–Kier alpha value is -0.970. The van der Waals surface area contributed by atoms with E-state index < -0.39 is 0 Å². The second-order valence-electron chi connectivity index (χ2n) is 3.69. The van der Waals surface area contributed by atoms with Crippen LogP contribution in [0.25, 0.3) is 0 Å². The molecule has 0 radical (unpaired) electrons. The monoisotopic (exact) mass is 223 g/mol. The van der Waals surface area contributed by atoms with E-state index in [1.807, 2.05) is 30.3 Å². The van der Waals surface area contributed by atoms with Gasteiger partial charge in [-0.25, -0.2) is 0 Å². The van der Waals surface area contributed by atoms with Gasteiger partial charge in [-0.15, -0.1) is 12.4 Å². The highest BCUT2D eigenvalue weighted by Crippen LogP contribution is 1.94. The summed E-state index contributed by atoms with van der Waals surface area (Å²) in [5.74, 6) is 6.89. The summed E-state index contributed by atoms with van der Waals surface area (Å²) in [6.45, 7) is 6.19. The molecular weight excluding hydrogens is 206 g/mol. The van der Waals surface area contributed by atoms with Crippen molar-refractivity contribution in [3.05, 3.63) is 35.9 Å². The minimum Gasteiger partial charge on any atom is -0.306 e. The van der Waals surface area contributed by atoms with Gasteiger partial charge < -0.3 is 5.32 Å². The quantitative estimate of drug-likeness (QED) is 0.614. The van der Waals surface area contributed by atoms with Gasteiger partial charge in [0.15, 0.2) is 0 Å². The molecule has 0 unspecified atom stereocenters. The number of hydrogen-bond donors (Lipinski definition) is 1. The molecule has 0 fully saturated rings. The normalized spacial score (nSPS) is 9.00. The van der Waals surface area contributed by atoms with Gasteiger partial charge in [-0.1, -0.05) is 43.9 Å². The zero-order chi connectivity index (χ0) is 10.2. The van der Waals surface area contributed by atoms with Crippen LogP contribution >= 0.6 is 12.4 Å². The summed E-state index contributed by atoms with van der Waals surface area (Å²) in [5, 5.41) is 3.28. The fraction of sp³-hybridized carbons (Fsp3) is 0.385. The Morgan fingerprint density at radius 3 is 2.47 bits per heavy atom. The molecule has 0 saturated heterocycles. The van der Waals surface area contributed by atoms with Crippen molar-refractivity contribution in [2.75, 3.05) is 13.1 Å². The van der Waals surface area contributed by atoms with Gasteiger partial charge in [-0.2, -0.15) is 0 Å². The molecule has 1 aromatic rings. The lowest BCUT2D eigenvalue weighted by atomic mass is 10.2. The van der Waals surface area contributed by atoms with E-state index in [1.165, 1.54) is 0 Å². The second-order valence-corrected chi connectivity index (χ2v) is 3.69. The first-order valence-electron chi connectivity index (χ1n) is 5.03. The van der Waals surface area contributed by atoms with Gasteiger partial charge in [-0.05, 0) is 24.6 Å². The number of rotatable bonds is 3. The zero-order valence-electron chi connectivity index (χ0n) is 9.29. The standard InChI is InChI=1S/C13H17N.ClH/c1-12(2)11-14-10-6-9-13-7-4-3-5-8-13;/h3-5,7-8,12,14H,10-11H2,1-2H3;1H. The maximum Gasteiger partial charge on any atom is 0.0580 e. The number of benzene rings is 1. The third-order valence-corrected chi connectivity index (χ3v) is 1.77. The highest BCUT2D eigenvalue weighted by Gasteiger charge is 1.89. The molecule has 0 saturated carbocycles. The highest BCUT2D eigenvalue weighted by atomic mass is 35.5. The van der Waals surface area contributed by atoms with Gasteiger partial charge in [0, 0.05) is 5.56 Å². The molecule has 82 valence electrons. The van der Waals surface area contributed by atoms with E-state index in [0.29, 0.717) is 5.92 Å². The molecule has 2 heteroatoms. The molecule has 0 amide bonds. The van der Waals surface area contributed by atoms with Crippen LogP contribution in [0.4, 0.5) is 0 Å². The second kappa shape index (κ2) is 8.35. The Kier molecular flexibility index (Phi) is 7.81. The van der Waals surface area contributed by atoms with E-state index in [9.17, 15) is 0 Å². The predicted octanol–water partition coefficient (Wildman–Crippen LogP) is 2.71. The molecule has 0 aliphatic heterocycles. The van der Waals surface area contributed by atoms with Gasteiger partial charge in [-0.3, -0.25) is 0 Å². The minimum absolute atomic E-state index is 0. The van der Waals surface area contributed by atoms with E-state index in [4.69, 9.17) is 0 Å². The Balaban J connectivity index is 0.00000196. The average molecular weight is 224 g/mol. The van der Waals surface area contributed by atoms with Crippen LogP contribution in [0.5, 0.6) is 0 Å². The van der Waals surface area contributed by atoms with E-state index in [2.05, 4.69) is 31.0 Å². The molecule has 0 bridgehead atoms. The van der Waals surface area contributed by atoms with Crippen molar-refractivity contribution in [2.24, 2.45) is 5.92 Å². The molecule has 1 nitrogen and oxygen atoms in total. The van der Waals surface area contributed by atoms with Crippen LogP contribution in [0.3, 0.4) is 0 Å². The van der Waals surface area contributed by atoms with Crippen molar-refractivity contribution >= 4 is 12.4 Å². The van der Waals surface area contributed by atoms with Crippen LogP contribution in [0, 0.1) is 17.8 Å². The van der Waals surface area contributed by atoms with Crippen LogP contribution in [0.1, 0.15) is 19.4 Å². The largest absolute Gasteiger partial charge is 0.306 e. The number of nitrogens with one attached hydrogen (secondary N) is 1. The molecule has 15 heavy (non-hydrogen) atoms. The summed E-state index contributed by atoms with van der Waals surface area (Å²) in [6, 6.07) is 10.1. The summed E-state index contributed by atoms with van der Waals surface area (Å²) in [5.41, 5.74) is 1.08. The first-order chi connectivity index (χ1) is 6.79. The topological polar surface area (TPSA) is 12.0 Å². The Labute approximate surface area is 98.7 Å². The van der Waals surface area contributed by atoms with Crippen molar-refractivity contribution < 1.29 is 0 Å². The number of halogens is 1. The van der Waals surface area contributed by atoms with Crippen LogP contribution in [0.15, 0.2) is 30.3 Å². The molecule has 0 atom stereocenters. The molecule has 0 aliphatic carbocycles. The highest BCUT2D eigenvalue weighted by molar-refractivity contribution is 5.85. The Morgan fingerprint density at radius 2 is 1.87 bits per heavy atom. The maximum absolute atomic E-state index is 3.28. The fourth-order valence-corrected chi connectivity index (χ4v) is 1.09. The third kappa shape index (κ3) is 7.02. The average Bonchev–Trinajstić information content (AvgIpc) is 2.18. The van der Waals surface area contributed by atoms with Crippen LogP contribution < -0.4 is 5.32 Å². The SMILES string of the molecule is CC(C)CNCC#Cc1ccccc1.Cl. The lowest BCUT2D eigenvalue weighted by molar-refractivity contribution is 0.580. The van der Waals surface area contributed by atoms with Crippen LogP contribution in [-0.2, 0) is 0 Å². The molecule has 0 aliphatic rings. The minimum atomic E-state index is 0. The summed E-state index contributed by atoms with van der Waals surface area (Å²) in [4.78, 5) is 0. The smallest absolute Gasteiger partial charge is 0.0580 e. The first kappa shape index (κ1) is 14.0. The molecule has 0 spiro atoms. The molecule has 1 rings (SSSR count). The summed E-state index contributed by atoms with van der Waals surface area (Å²) in [6.07, 6.45) is 0. The lowest BCUT2D eigenvalue weighted by Gasteiger charge is -2.02. The van der Waals surface area contributed by atoms with Crippen molar-refractivity contribution in [3.8, 4) is 11.8 Å². The summed E-state index contributed by atoms with van der Waals surface area (Å²) >= 11 is 0. The van der Waals surface area contributed by atoms with Crippen molar-refractivity contribution in [1.82, 2.24) is 5.32 Å². The predicted molar refractivity (Wildman–Crippen MR) is 68.3 cm³/mol. The van der Waals surface area contributed by atoms with E-state index >= 15 is 0 Å². The summed E-state index contributed by atoms with van der Waals surface area (Å²) in [7, 11) is 0. The zero-order valence-corrected chi connectivity index (χ0v) is 10.1. The van der Waals surface area contributed by atoms with Crippen molar-refractivity contribution in [3.63, 3.8) is 0 Å². The number of hydrogen-bond acceptors (Lipinski definition) is 1. The lowest BCUT2D eigenvalue weighted by Crippen LogP contribution is -2.19. The molecule has 0 heterocycles. The van der Waals surface area contributed by atoms with E-state index in [0.717, 1.165) is 18.7 Å². The molecular formula is C13H18ClN. The molecule has 1 N–H and O–H groups in total. The van der Waals surface area contributed by atoms with E-state index in [1.54, 1.807) is 0 Å². The fourth-order valence-electron chi connectivity index (χ4n) is 1.09. The van der Waals surface area contributed by atoms with Gasteiger partial charge in [0.05, 0.1) is 6.54 Å². The Bertz CT molecular complexity index is 308. The Morgan fingerprint density at radius 1 is 1.20 bits per heavy atom. The molecule has 1 aromatic carbocycles. The molecule has 0 aromatic heterocycles. The van der Waals surface area contributed by atoms with Crippen molar-refractivity contribution in [2.45, 2.75) is 13.8 Å². The van der Waals surface area contributed by atoms with Gasteiger partial charge in [0.2, 0.25) is 0 Å². The maximum atomic E-state index is 3.28. The van der Waals surface area contributed by atoms with Crippen LogP contribution in [-0.4, -0.2) is 13.1 Å². The van der Waals surface area contributed by atoms with Crippen LogP contribution in [0.2, 0.25) is 0 Å². The first-order valence-corrected chi connectivity index (χ1v) is 5.03. The van der Waals surface area contributed by atoms with Gasteiger partial charge in [0.1, 0.15) is 0 Å². The van der Waals surface area contributed by atoms with Crippen molar-refractivity contribution in [1.29, 1.82) is 0 Å². The van der Waals surface area contributed by atoms with Gasteiger partial charge >= 0.3 is 0 Å². The third-order valence-electron chi connectivity index (χ3n) is 1.77. The van der Waals surface area contributed by atoms with Gasteiger partial charge in [0.25, 0.3) is 0 Å². The summed E-state index contributed by atoms with van der Waals surface area (Å²) < 4.78 is 0. The van der Waals surface area contributed by atoms with E-state index in [-0.39, 0.29) is 12.4 Å².